The van der Waals surface area contributed by atoms with E-state index in [-0.39, 0.29) is 5.82 Å². The molecule has 3 N–H and O–H groups in total. The number of nitrogens with one attached hydrogen (secondary N) is 1. The van der Waals surface area contributed by atoms with E-state index in [1.165, 1.54) is 12.3 Å². The van der Waals surface area contributed by atoms with Gasteiger partial charge in [0.15, 0.2) is 0 Å². The first-order valence-corrected chi connectivity index (χ1v) is 7.75. The maximum Gasteiger partial charge on any atom is 0.491 e. The Labute approximate surface area is 143 Å². The summed E-state index contributed by atoms with van der Waals surface area (Å²) in [6, 6.07) is 3.04. The van der Waals surface area contributed by atoms with E-state index in [1.807, 2.05) is 0 Å². The number of nitrogens with zero attached hydrogens (tertiary/aromatic N) is 1. The van der Waals surface area contributed by atoms with E-state index >= 15 is 0 Å². The summed E-state index contributed by atoms with van der Waals surface area (Å²) in [5, 5.41) is 22.9. The Morgan fingerprint density at radius 1 is 1.21 bits per heavy atom. The topological polar surface area (TPSA) is 101 Å². The summed E-state index contributed by atoms with van der Waals surface area (Å²) >= 11 is 0. The highest BCUT2D eigenvalue weighted by Gasteiger charge is 2.39. The Balaban J connectivity index is 2.83. The molecule has 7 nitrogen and oxygen atoms in total. The van der Waals surface area contributed by atoms with Crippen LogP contribution in [0.3, 0.4) is 0 Å². The number of anilines is 1. The van der Waals surface area contributed by atoms with Crippen LogP contribution in [0.15, 0.2) is 18.3 Å². The van der Waals surface area contributed by atoms with Crippen LogP contribution in [-0.4, -0.2) is 45.1 Å². The number of amides is 1. The Morgan fingerprint density at radius 2 is 1.79 bits per heavy atom. The van der Waals surface area contributed by atoms with Gasteiger partial charge in [-0.25, -0.2) is 9.78 Å². The standard InChI is InChI=1S/C16H27BN2O5/c1-14(2,3)23-13(20)19-12-10-11(8-9-18-12)17(22)24-16(6,7)15(4,5)21/h8-10,21-22H,1-7H3,(H,18,19,20). The molecule has 0 aliphatic rings. The first-order valence-electron chi connectivity index (χ1n) is 7.75. The molecule has 0 aliphatic carbocycles. The van der Waals surface area contributed by atoms with E-state index in [9.17, 15) is 14.9 Å². The van der Waals surface area contributed by atoms with Crippen LogP contribution < -0.4 is 10.8 Å². The highest BCUT2D eigenvalue weighted by atomic mass is 16.6. The van der Waals surface area contributed by atoms with Crippen molar-refractivity contribution in [3.8, 4) is 0 Å². The number of aromatic nitrogens is 1. The summed E-state index contributed by atoms with van der Waals surface area (Å²) in [6.45, 7) is 11.8. The number of aliphatic hydroxyl groups is 1. The number of ether oxygens (including phenoxy) is 1. The minimum Gasteiger partial charge on any atom is -0.444 e. The quantitative estimate of drug-likeness (QED) is 0.706. The predicted molar refractivity (Wildman–Crippen MR) is 93.2 cm³/mol. The van der Waals surface area contributed by atoms with Gasteiger partial charge >= 0.3 is 13.2 Å². The van der Waals surface area contributed by atoms with Crippen molar-refractivity contribution in [2.24, 2.45) is 0 Å². The predicted octanol–water partition coefficient (Wildman–Crippen LogP) is 1.68. The molecule has 1 aromatic heterocycles. The molecule has 0 unspecified atom stereocenters. The molecule has 0 spiro atoms. The van der Waals surface area contributed by atoms with Gasteiger partial charge in [0, 0.05) is 6.20 Å². The molecule has 0 atom stereocenters. The van der Waals surface area contributed by atoms with E-state index in [4.69, 9.17) is 9.39 Å². The van der Waals surface area contributed by atoms with Gasteiger partial charge < -0.3 is 19.5 Å². The summed E-state index contributed by atoms with van der Waals surface area (Å²) in [7, 11) is -1.28. The van der Waals surface area contributed by atoms with Crippen LogP contribution in [-0.2, 0) is 9.39 Å². The van der Waals surface area contributed by atoms with E-state index < -0.39 is 30.0 Å². The summed E-state index contributed by atoms with van der Waals surface area (Å²) in [4.78, 5) is 15.8. The average molecular weight is 338 g/mol. The second kappa shape index (κ2) is 7.08. The van der Waals surface area contributed by atoms with Crippen molar-refractivity contribution in [3.63, 3.8) is 0 Å². The molecular formula is C16H27BN2O5. The molecule has 0 bridgehead atoms. The van der Waals surface area contributed by atoms with Gasteiger partial charge in [-0.15, -0.1) is 0 Å². The van der Waals surface area contributed by atoms with Crippen molar-refractivity contribution >= 4 is 24.5 Å². The van der Waals surface area contributed by atoms with E-state index in [0.29, 0.717) is 5.46 Å². The van der Waals surface area contributed by atoms with Crippen molar-refractivity contribution in [1.29, 1.82) is 0 Å². The smallest absolute Gasteiger partial charge is 0.444 e. The SMILES string of the molecule is CC(C)(C)OC(=O)Nc1cc(B(O)OC(C)(C)C(C)(C)O)ccn1. The molecule has 0 aromatic carbocycles. The van der Waals surface area contributed by atoms with Gasteiger partial charge in [-0.2, -0.15) is 0 Å². The molecular weight excluding hydrogens is 311 g/mol. The summed E-state index contributed by atoms with van der Waals surface area (Å²) in [5.74, 6) is 0.227. The average Bonchev–Trinajstić information content (AvgIpc) is 2.34. The molecule has 8 heteroatoms. The Kier molecular flexibility index (Phi) is 6.02. The van der Waals surface area contributed by atoms with Crippen LogP contribution in [0.5, 0.6) is 0 Å². The third kappa shape index (κ3) is 6.11. The molecule has 24 heavy (non-hydrogen) atoms. The van der Waals surface area contributed by atoms with Crippen molar-refractivity contribution in [2.45, 2.75) is 65.3 Å². The second-order valence-electron chi connectivity index (χ2n) is 7.64. The van der Waals surface area contributed by atoms with Gasteiger partial charge in [0.25, 0.3) is 0 Å². The van der Waals surface area contributed by atoms with Gasteiger partial charge in [0.2, 0.25) is 0 Å². The van der Waals surface area contributed by atoms with Crippen LogP contribution in [0.25, 0.3) is 0 Å². The second-order valence-corrected chi connectivity index (χ2v) is 7.64. The molecule has 0 radical (unpaired) electrons. The number of pyridine rings is 1. The van der Waals surface area contributed by atoms with Crippen LogP contribution in [0, 0.1) is 0 Å². The van der Waals surface area contributed by atoms with Gasteiger partial charge in [-0.1, -0.05) is 0 Å². The van der Waals surface area contributed by atoms with Crippen molar-refractivity contribution < 1.29 is 24.3 Å². The zero-order chi connectivity index (χ0) is 18.8. The normalized spacial score (nSPS) is 12.7. The Morgan fingerprint density at radius 3 is 2.29 bits per heavy atom. The van der Waals surface area contributed by atoms with E-state index in [1.54, 1.807) is 54.5 Å². The first kappa shape index (κ1) is 20.4. The fourth-order valence-corrected chi connectivity index (χ4v) is 1.57. The lowest BCUT2D eigenvalue weighted by molar-refractivity contribution is -0.0982. The fourth-order valence-electron chi connectivity index (χ4n) is 1.57. The van der Waals surface area contributed by atoms with Crippen LogP contribution in [0.4, 0.5) is 10.6 Å². The summed E-state index contributed by atoms with van der Waals surface area (Å²) in [6.07, 6.45) is 0.797. The molecule has 1 rings (SSSR count). The fraction of sp³-hybridized carbons (Fsp3) is 0.625. The van der Waals surface area contributed by atoms with Crippen molar-refractivity contribution in [1.82, 2.24) is 4.98 Å². The summed E-state index contributed by atoms with van der Waals surface area (Å²) < 4.78 is 10.7. The monoisotopic (exact) mass is 338 g/mol. The van der Waals surface area contributed by atoms with E-state index in [0.717, 1.165) is 0 Å². The minimum absolute atomic E-state index is 0.227. The lowest BCUT2D eigenvalue weighted by Crippen LogP contribution is -2.53. The molecule has 0 aliphatic heterocycles. The van der Waals surface area contributed by atoms with E-state index in [2.05, 4.69) is 10.3 Å². The van der Waals surface area contributed by atoms with Gasteiger partial charge in [0.1, 0.15) is 11.4 Å². The maximum absolute atomic E-state index is 11.8. The largest absolute Gasteiger partial charge is 0.491 e. The molecule has 134 valence electrons. The molecule has 1 heterocycles. The zero-order valence-electron chi connectivity index (χ0n) is 15.4. The molecule has 1 amide bonds. The lowest BCUT2D eigenvalue weighted by atomic mass is 9.77. The third-order valence-electron chi connectivity index (χ3n) is 3.58. The Hall–Kier alpha value is -1.64. The number of carbonyl (C=O) groups excluding carboxylic acids is 1. The zero-order valence-corrected chi connectivity index (χ0v) is 15.4. The van der Waals surface area contributed by atoms with Crippen LogP contribution in [0.1, 0.15) is 48.5 Å². The van der Waals surface area contributed by atoms with Gasteiger partial charge in [0.05, 0.1) is 11.2 Å². The van der Waals surface area contributed by atoms with Crippen molar-refractivity contribution in [2.75, 3.05) is 5.32 Å². The van der Waals surface area contributed by atoms with Gasteiger partial charge in [-0.3, -0.25) is 5.32 Å². The number of hydrogen-bond donors (Lipinski definition) is 3. The highest BCUT2D eigenvalue weighted by molar-refractivity contribution is 6.60. The molecule has 0 saturated carbocycles. The lowest BCUT2D eigenvalue weighted by Gasteiger charge is -2.38. The number of carbonyl (C=O) groups is 1. The number of hydrogen-bond acceptors (Lipinski definition) is 6. The van der Waals surface area contributed by atoms with Crippen LogP contribution in [0.2, 0.25) is 0 Å². The molecule has 0 saturated heterocycles. The number of rotatable bonds is 5. The molecule has 0 fully saturated rings. The maximum atomic E-state index is 11.8. The molecule has 1 aromatic rings. The van der Waals surface area contributed by atoms with Crippen molar-refractivity contribution in [3.05, 3.63) is 18.3 Å². The summed E-state index contributed by atoms with van der Waals surface area (Å²) in [5.41, 5.74) is -2.37. The Bertz CT molecular complexity index is 579. The third-order valence-corrected chi connectivity index (χ3v) is 3.58. The minimum atomic E-state index is -1.28. The highest BCUT2D eigenvalue weighted by Crippen LogP contribution is 2.25. The van der Waals surface area contributed by atoms with Crippen LogP contribution >= 0.6 is 0 Å². The first-order chi connectivity index (χ1) is 10.7. The van der Waals surface area contributed by atoms with Gasteiger partial charge in [-0.05, 0) is 66.1 Å².